The first-order valence-corrected chi connectivity index (χ1v) is 6.93. The number of carbonyl (C=O) groups is 2. The second-order valence-corrected chi connectivity index (χ2v) is 4.80. The fourth-order valence-electron chi connectivity index (χ4n) is 1.39. The molecule has 7 heteroatoms. The summed E-state index contributed by atoms with van der Waals surface area (Å²) in [5.74, 6) is -2.10. The molecule has 0 bridgehead atoms. The van der Waals surface area contributed by atoms with Crippen LogP contribution in [0, 0.1) is 0 Å². The fraction of sp³-hybridized carbons (Fsp3) is 0.857. The van der Waals surface area contributed by atoms with E-state index in [1.165, 1.54) is 13.8 Å². The summed E-state index contributed by atoms with van der Waals surface area (Å²) in [6, 6.07) is 0. The maximum absolute atomic E-state index is 12.1. The van der Waals surface area contributed by atoms with E-state index < -0.39 is 24.3 Å². The summed E-state index contributed by atoms with van der Waals surface area (Å²) >= 11 is 0. The second-order valence-electron chi connectivity index (χ2n) is 4.80. The zero-order valence-corrected chi connectivity index (χ0v) is 15.1. The third-order valence-electron chi connectivity index (χ3n) is 2.47. The summed E-state index contributed by atoms with van der Waals surface area (Å²) in [6.45, 7) is 2.94. The van der Waals surface area contributed by atoms with Crippen molar-refractivity contribution in [3.8, 4) is 0 Å². The second kappa shape index (κ2) is 18.1. The third-order valence-corrected chi connectivity index (χ3v) is 2.47. The number of halogens is 2. The molecule has 0 saturated carbocycles. The molecule has 120 valence electrons. The van der Waals surface area contributed by atoms with Crippen LogP contribution in [0.2, 0.25) is 0 Å². The van der Waals surface area contributed by atoms with E-state index in [1.807, 2.05) is 0 Å². The molecule has 21 heavy (non-hydrogen) atoms. The van der Waals surface area contributed by atoms with Gasteiger partial charge in [-0.2, -0.15) is 0 Å². The Morgan fingerprint density at radius 1 is 0.810 bits per heavy atom. The summed E-state index contributed by atoms with van der Waals surface area (Å²) in [4.78, 5) is 19.7. The number of unbranched alkanes of at least 4 members (excludes halogenated alkanes) is 2. The summed E-state index contributed by atoms with van der Waals surface area (Å²) in [5.41, 5.74) is 0. The predicted octanol–water partition coefficient (Wildman–Crippen LogP) is 0.929. The van der Waals surface area contributed by atoms with Gasteiger partial charge in [-0.3, -0.25) is 0 Å². The first kappa shape index (κ1) is 26.0. The number of rotatable bonds is 10. The Bertz CT molecular complexity index is 235. The van der Waals surface area contributed by atoms with Gasteiger partial charge in [0, 0.05) is 11.9 Å². The molecule has 2 atom stereocenters. The van der Waals surface area contributed by atoms with Crippen LogP contribution in [0.25, 0.3) is 0 Å². The van der Waals surface area contributed by atoms with E-state index in [1.54, 1.807) is 0 Å². The van der Waals surface area contributed by atoms with E-state index >= 15 is 0 Å². The average molecular weight is 334 g/mol. The zero-order valence-electron chi connectivity index (χ0n) is 12.9. The van der Waals surface area contributed by atoms with E-state index in [2.05, 4.69) is 0 Å². The number of carboxylic acid groups (broad SMARTS) is 2. The number of hydrogen-bond donors (Lipinski definition) is 0. The van der Waals surface area contributed by atoms with Crippen molar-refractivity contribution in [3.63, 3.8) is 0 Å². The zero-order chi connectivity index (χ0) is 16.0. The fourth-order valence-corrected chi connectivity index (χ4v) is 1.39. The van der Waals surface area contributed by atoms with E-state index in [9.17, 15) is 28.6 Å². The molecule has 0 spiro atoms. The molecule has 0 N–H and O–H groups in total. The van der Waals surface area contributed by atoms with Crippen molar-refractivity contribution in [2.45, 2.75) is 77.6 Å². The molecule has 0 fully saturated rings. The van der Waals surface area contributed by atoms with Crippen LogP contribution in [0.15, 0.2) is 0 Å². The van der Waals surface area contributed by atoms with Crippen LogP contribution < -0.4 is 10.2 Å². The summed E-state index contributed by atoms with van der Waals surface area (Å²) in [7, 11) is 0. The number of carboxylic acids is 2. The molecular formula is C14H24CaF2O4. The normalized spacial score (nSPS) is 12.4. The number of hydrogen-bond acceptors (Lipinski definition) is 4. The van der Waals surface area contributed by atoms with Crippen molar-refractivity contribution in [1.82, 2.24) is 0 Å². The van der Waals surface area contributed by atoms with Gasteiger partial charge < -0.3 is 19.8 Å². The molecular weight excluding hydrogens is 310 g/mol. The Morgan fingerprint density at radius 2 is 1.10 bits per heavy atom. The Morgan fingerprint density at radius 3 is 1.29 bits per heavy atom. The van der Waals surface area contributed by atoms with Crippen LogP contribution in [0.1, 0.15) is 65.2 Å². The van der Waals surface area contributed by atoms with Crippen LogP contribution >= 0.6 is 0 Å². The molecule has 4 nitrogen and oxygen atoms in total. The van der Waals surface area contributed by atoms with Crippen molar-refractivity contribution in [2.24, 2.45) is 0 Å². The first-order chi connectivity index (χ1) is 9.25. The van der Waals surface area contributed by atoms with Gasteiger partial charge in [-0.15, -0.1) is 0 Å². The van der Waals surface area contributed by atoms with E-state index in [4.69, 9.17) is 0 Å². The SMILES string of the molecule is CC(F)CCCCC(=O)[O-].CC(F)CCCCC(=O)[O-].[Ca+2]. The van der Waals surface area contributed by atoms with Gasteiger partial charge in [0.25, 0.3) is 0 Å². The van der Waals surface area contributed by atoms with E-state index in [0.29, 0.717) is 38.5 Å². The van der Waals surface area contributed by atoms with Crippen molar-refractivity contribution in [1.29, 1.82) is 0 Å². The molecule has 0 aliphatic carbocycles. The number of aliphatic carboxylic acids is 2. The van der Waals surface area contributed by atoms with Gasteiger partial charge in [0.15, 0.2) is 0 Å². The summed E-state index contributed by atoms with van der Waals surface area (Å²) in [5, 5.41) is 19.7. The van der Waals surface area contributed by atoms with E-state index in [0.717, 1.165) is 0 Å². The molecule has 0 aromatic rings. The predicted molar refractivity (Wildman–Crippen MR) is 73.8 cm³/mol. The first-order valence-electron chi connectivity index (χ1n) is 6.93. The molecule has 0 aliphatic heterocycles. The molecule has 0 aromatic heterocycles. The van der Waals surface area contributed by atoms with Gasteiger partial charge >= 0.3 is 37.7 Å². The van der Waals surface area contributed by atoms with Gasteiger partial charge in [0.2, 0.25) is 0 Å². The van der Waals surface area contributed by atoms with E-state index in [-0.39, 0.29) is 50.6 Å². The van der Waals surface area contributed by atoms with Gasteiger partial charge in [-0.05, 0) is 52.4 Å². The summed E-state index contributed by atoms with van der Waals surface area (Å²) < 4.78 is 24.1. The largest absolute Gasteiger partial charge is 2.00 e. The molecule has 2 unspecified atom stereocenters. The standard InChI is InChI=1S/2C7H13FO2.Ca/c2*1-6(8)4-2-3-5-7(9)10;/h2*6H,2-5H2,1H3,(H,9,10);/q;;+2/p-2. The Hall–Kier alpha value is 0.0597. The van der Waals surface area contributed by atoms with Crippen molar-refractivity contribution in [3.05, 3.63) is 0 Å². The average Bonchev–Trinajstić information content (AvgIpc) is 2.30. The quantitative estimate of drug-likeness (QED) is 0.440. The van der Waals surface area contributed by atoms with Gasteiger partial charge in [0.1, 0.15) is 0 Å². The van der Waals surface area contributed by atoms with Gasteiger partial charge in [0.05, 0.1) is 12.3 Å². The molecule has 0 heterocycles. The van der Waals surface area contributed by atoms with Crippen LogP contribution in [0.3, 0.4) is 0 Å². The molecule has 0 aliphatic rings. The maximum Gasteiger partial charge on any atom is 2.00 e. The van der Waals surface area contributed by atoms with Gasteiger partial charge in [-0.1, -0.05) is 12.8 Å². The minimum Gasteiger partial charge on any atom is -0.550 e. The van der Waals surface area contributed by atoms with Crippen LogP contribution in [0.5, 0.6) is 0 Å². The molecule has 0 saturated heterocycles. The molecule has 0 aromatic carbocycles. The maximum atomic E-state index is 12.1. The smallest absolute Gasteiger partial charge is 0.550 e. The molecule has 0 rings (SSSR count). The third kappa shape index (κ3) is 33.1. The van der Waals surface area contributed by atoms with Crippen molar-refractivity contribution in [2.75, 3.05) is 0 Å². The Balaban J connectivity index is -0.000000295. The molecule has 0 amide bonds. The topological polar surface area (TPSA) is 80.3 Å². The van der Waals surface area contributed by atoms with Crippen molar-refractivity contribution >= 4 is 49.7 Å². The Kier molecular flexibility index (Phi) is 22.4. The van der Waals surface area contributed by atoms with Crippen LogP contribution in [-0.2, 0) is 9.59 Å². The summed E-state index contributed by atoms with van der Waals surface area (Å²) in [6.07, 6.45) is 1.67. The van der Waals surface area contributed by atoms with Crippen LogP contribution in [0.4, 0.5) is 8.78 Å². The Labute approximate surface area is 155 Å². The number of alkyl halides is 2. The van der Waals surface area contributed by atoms with Gasteiger partial charge in [-0.25, -0.2) is 8.78 Å². The number of carbonyl (C=O) groups excluding carboxylic acids is 2. The van der Waals surface area contributed by atoms with Crippen molar-refractivity contribution < 1.29 is 28.6 Å². The monoisotopic (exact) mass is 334 g/mol. The minimum atomic E-state index is -1.05. The molecule has 0 radical (unpaired) electrons. The van der Waals surface area contributed by atoms with Crippen LogP contribution in [-0.4, -0.2) is 62.0 Å². The minimum absolute atomic E-state index is 0.